The molecule has 39 heavy (non-hydrogen) atoms. The fraction of sp³-hybridized carbons (Fsp3) is 0.222. The first-order valence-corrected chi connectivity index (χ1v) is 13.6. The topological polar surface area (TPSA) is 38.9 Å². The molecular formula is C36H34N2O. The third kappa shape index (κ3) is 4.52. The molecule has 0 saturated heterocycles. The lowest BCUT2D eigenvalue weighted by Gasteiger charge is -2.21. The summed E-state index contributed by atoms with van der Waals surface area (Å²) in [4.78, 5) is 9.24. The van der Waals surface area contributed by atoms with Gasteiger partial charge in [-0.25, -0.2) is 9.97 Å². The normalized spacial score (nSPS) is 12.4. The summed E-state index contributed by atoms with van der Waals surface area (Å²) in [5.41, 5.74) is 10.4. The van der Waals surface area contributed by atoms with E-state index in [1.54, 1.807) is 6.33 Å². The number of para-hydroxylation sites is 1. The molecule has 2 aromatic heterocycles. The Kier molecular flexibility index (Phi) is 5.91. The minimum atomic E-state index is -0.0743. The van der Waals surface area contributed by atoms with Crippen LogP contribution in [-0.4, -0.2) is 9.97 Å². The van der Waals surface area contributed by atoms with E-state index < -0.39 is 0 Å². The van der Waals surface area contributed by atoms with Gasteiger partial charge < -0.3 is 4.42 Å². The largest absolute Gasteiger partial charge is 0.455 e. The fourth-order valence-corrected chi connectivity index (χ4v) is 5.34. The molecule has 0 atom stereocenters. The van der Waals surface area contributed by atoms with E-state index in [9.17, 15) is 0 Å². The highest BCUT2D eigenvalue weighted by molar-refractivity contribution is 6.14. The molecule has 0 bridgehead atoms. The third-order valence-electron chi connectivity index (χ3n) is 7.47. The average molecular weight is 511 g/mol. The highest BCUT2D eigenvalue weighted by atomic mass is 16.3. The van der Waals surface area contributed by atoms with Crippen molar-refractivity contribution >= 4 is 21.9 Å². The van der Waals surface area contributed by atoms with Gasteiger partial charge in [0.15, 0.2) is 0 Å². The first-order chi connectivity index (χ1) is 18.6. The van der Waals surface area contributed by atoms with Crippen molar-refractivity contribution in [2.75, 3.05) is 0 Å². The molecule has 6 aromatic rings. The van der Waals surface area contributed by atoms with Crippen LogP contribution in [0.1, 0.15) is 52.8 Å². The molecule has 6 rings (SSSR count). The van der Waals surface area contributed by atoms with Gasteiger partial charge in [0, 0.05) is 33.0 Å². The van der Waals surface area contributed by atoms with Gasteiger partial charge in [0.05, 0.1) is 5.69 Å². The maximum absolute atomic E-state index is 6.84. The molecule has 0 amide bonds. The van der Waals surface area contributed by atoms with Crippen molar-refractivity contribution in [2.45, 2.75) is 52.4 Å². The Morgan fingerprint density at radius 1 is 0.564 bits per heavy atom. The van der Waals surface area contributed by atoms with Gasteiger partial charge >= 0.3 is 0 Å². The summed E-state index contributed by atoms with van der Waals surface area (Å²) in [6.07, 6.45) is 1.67. The van der Waals surface area contributed by atoms with Crippen molar-refractivity contribution in [2.24, 2.45) is 0 Å². The van der Waals surface area contributed by atoms with E-state index >= 15 is 0 Å². The number of rotatable bonds is 3. The summed E-state index contributed by atoms with van der Waals surface area (Å²) >= 11 is 0. The molecule has 0 unspecified atom stereocenters. The van der Waals surface area contributed by atoms with E-state index in [2.05, 4.69) is 136 Å². The molecule has 0 fully saturated rings. The zero-order valence-electron chi connectivity index (χ0n) is 23.5. The number of aromatic nitrogens is 2. The molecule has 0 aliphatic carbocycles. The summed E-state index contributed by atoms with van der Waals surface area (Å²) in [5.74, 6) is 0. The summed E-state index contributed by atoms with van der Waals surface area (Å²) < 4.78 is 6.84. The van der Waals surface area contributed by atoms with Gasteiger partial charge in [-0.05, 0) is 39.8 Å². The fourth-order valence-electron chi connectivity index (χ4n) is 5.34. The molecular weight excluding hydrogens is 476 g/mol. The van der Waals surface area contributed by atoms with Gasteiger partial charge in [0.2, 0.25) is 0 Å². The highest BCUT2D eigenvalue weighted by Crippen LogP contribution is 2.44. The van der Waals surface area contributed by atoms with Crippen LogP contribution in [0, 0.1) is 0 Å². The molecule has 3 heteroatoms. The molecule has 194 valence electrons. The van der Waals surface area contributed by atoms with Crippen molar-refractivity contribution < 1.29 is 4.42 Å². The van der Waals surface area contributed by atoms with Gasteiger partial charge in [-0.1, -0.05) is 120 Å². The summed E-state index contributed by atoms with van der Waals surface area (Å²) in [7, 11) is 0. The van der Waals surface area contributed by atoms with Crippen LogP contribution >= 0.6 is 0 Å². The molecule has 2 heterocycles. The molecule has 0 radical (unpaired) electrons. The van der Waals surface area contributed by atoms with E-state index in [1.165, 1.54) is 16.7 Å². The number of nitrogens with zero attached hydrogens (tertiary/aromatic N) is 2. The Hall–Kier alpha value is -4.24. The minimum Gasteiger partial charge on any atom is -0.455 e. The first-order valence-electron chi connectivity index (χ1n) is 13.6. The van der Waals surface area contributed by atoms with Crippen LogP contribution in [0.15, 0.2) is 102 Å². The van der Waals surface area contributed by atoms with E-state index in [0.29, 0.717) is 0 Å². The second-order valence-electron chi connectivity index (χ2n) is 12.4. The number of furan rings is 1. The van der Waals surface area contributed by atoms with Crippen LogP contribution < -0.4 is 0 Å². The van der Waals surface area contributed by atoms with Crippen molar-refractivity contribution in [3.8, 4) is 33.5 Å². The Bertz CT molecular complexity index is 1800. The zero-order chi connectivity index (χ0) is 27.4. The molecule has 4 aromatic carbocycles. The Balaban J connectivity index is 1.58. The zero-order valence-corrected chi connectivity index (χ0v) is 23.5. The number of fused-ring (bicyclic) bond motifs is 3. The first kappa shape index (κ1) is 25.1. The Morgan fingerprint density at radius 3 is 1.95 bits per heavy atom. The maximum atomic E-state index is 6.84. The summed E-state index contributed by atoms with van der Waals surface area (Å²) in [6, 6.07) is 32.2. The second kappa shape index (κ2) is 9.20. The Labute approximate surface area is 230 Å². The van der Waals surface area contributed by atoms with Crippen molar-refractivity contribution in [1.82, 2.24) is 9.97 Å². The van der Waals surface area contributed by atoms with Crippen LogP contribution in [0.2, 0.25) is 0 Å². The van der Waals surface area contributed by atoms with Crippen LogP contribution in [0.5, 0.6) is 0 Å². The van der Waals surface area contributed by atoms with Crippen molar-refractivity contribution in [3.05, 3.63) is 109 Å². The van der Waals surface area contributed by atoms with E-state index in [-0.39, 0.29) is 10.8 Å². The van der Waals surface area contributed by atoms with E-state index in [4.69, 9.17) is 4.42 Å². The second-order valence-corrected chi connectivity index (χ2v) is 12.4. The number of hydrogen-bond acceptors (Lipinski definition) is 3. The molecule has 0 aliphatic rings. The minimum absolute atomic E-state index is 0.0524. The standard InChI is InChI=1S/C36H34N2O/c1-35(2,3)29-20-19-27(30-21-31(36(4,5)6)38-22-37-30)34-32(29)28-14-10-13-26(33(28)39-34)25-17-15-24(16-18-25)23-11-8-7-9-12-23/h7-22H,1-6H3. The lowest BCUT2D eigenvalue weighted by molar-refractivity contribution is 0.567. The van der Waals surface area contributed by atoms with Gasteiger partial charge in [-0.15, -0.1) is 0 Å². The van der Waals surface area contributed by atoms with Crippen molar-refractivity contribution in [3.63, 3.8) is 0 Å². The molecule has 3 nitrogen and oxygen atoms in total. The lowest BCUT2D eigenvalue weighted by atomic mass is 9.83. The predicted octanol–water partition coefficient (Wildman–Crippen LogP) is 9.97. The summed E-state index contributed by atoms with van der Waals surface area (Å²) in [6.45, 7) is 13.3. The van der Waals surface area contributed by atoms with Crippen LogP contribution in [-0.2, 0) is 10.8 Å². The quantitative estimate of drug-likeness (QED) is 0.238. The lowest BCUT2D eigenvalue weighted by Crippen LogP contribution is -2.14. The predicted molar refractivity (Wildman–Crippen MR) is 163 cm³/mol. The van der Waals surface area contributed by atoms with Gasteiger partial charge in [0.25, 0.3) is 0 Å². The van der Waals surface area contributed by atoms with Gasteiger partial charge in [-0.3, -0.25) is 0 Å². The Morgan fingerprint density at radius 2 is 1.26 bits per heavy atom. The highest BCUT2D eigenvalue weighted by Gasteiger charge is 2.25. The summed E-state index contributed by atoms with van der Waals surface area (Å²) in [5, 5.41) is 2.29. The average Bonchev–Trinajstić information content (AvgIpc) is 3.32. The van der Waals surface area contributed by atoms with E-state index in [0.717, 1.165) is 50.0 Å². The number of hydrogen-bond donors (Lipinski definition) is 0. The number of benzene rings is 4. The third-order valence-corrected chi connectivity index (χ3v) is 7.47. The van der Waals surface area contributed by atoms with Crippen molar-refractivity contribution in [1.29, 1.82) is 0 Å². The molecule has 0 aliphatic heterocycles. The van der Waals surface area contributed by atoms with Gasteiger partial charge in [-0.2, -0.15) is 0 Å². The molecule has 0 spiro atoms. The molecule has 0 N–H and O–H groups in total. The van der Waals surface area contributed by atoms with Gasteiger partial charge in [0.1, 0.15) is 17.5 Å². The van der Waals surface area contributed by atoms with Crippen LogP contribution in [0.4, 0.5) is 0 Å². The molecule has 0 saturated carbocycles. The van der Waals surface area contributed by atoms with E-state index in [1.807, 2.05) is 6.07 Å². The maximum Gasteiger partial charge on any atom is 0.145 e. The van der Waals surface area contributed by atoms with Crippen LogP contribution in [0.3, 0.4) is 0 Å². The van der Waals surface area contributed by atoms with Crippen LogP contribution in [0.25, 0.3) is 55.4 Å². The smallest absolute Gasteiger partial charge is 0.145 e. The SMILES string of the molecule is CC(C)(C)c1cc(-c2ccc(C(C)(C)C)c3c2oc2c(-c4ccc(-c5ccccc5)cc4)cccc23)ncn1. The monoisotopic (exact) mass is 510 g/mol.